The van der Waals surface area contributed by atoms with Gasteiger partial charge < -0.3 is 14.8 Å². The Morgan fingerprint density at radius 1 is 0.938 bits per heavy atom. The van der Waals surface area contributed by atoms with E-state index in [0.29, 0.717) is 18.4 Å². The molecular formula is C25H23F2NO4. The zero-order valence-electron chi connectivity index (χ0n) is 17.5. The lowest BCUT2D eigenvalue weighted by molar-refractivity contribution is -0.145. The zero-order chi connectivity index (χ0) is 22.9. The van der Waals surface area contributed by atoms with E-state index in [4.69, 9.17) is 9.47 Å². The number of nitrogens with one attached hydrogen (secondary N) is 1. The molecule has 32 heavy (non-hydrogen) atoms. The smallest absolute Gasteiger partial charge is 0.328 e. The molecule has 1 amide bonds. The standard InChI is InChI=1S/C25H23F2NO4/c1-31-25(30)23(28-24(29)14-19-10-11-20(26)15-22(19)27)13-18-8-5-9-21(12-18)32-16-17-6-3-2-4-7-17/h2-12,15,23H,13-14,16H2,1H3,(H,28,29)/t23-/m1/s1. The van der Waals surface area contributed by atoms with E-state index in [2.05, 4.69) is 5.32 Å². The minimum absolute atomic E-state index is 0.0313. The van der Waals surface area contributed by atoms with Crippen molar-refractivity contribution >= 4 is 11.9 Å². The summed E-state index contributed by atoms with van der Waals surface area (Å²) in [7, 11) is 1.22. The number of carbonyl (C=O) groups excluding carboxylic acids is 2. The van der Waals surface area contributed by atoms with Crippen LogP contribution < -0.4 is 10.1 Å². The molecular weight excluding hydrogens is 416 g/mol. The van der Waals surface area contributed by atoms with E-state index < -0.39 is 29.6 Å². The van der Waals surface area contributed by atoms with Crippen LogP contribution in [0.25, 0.3) is 0 Å². The largest absolute Gasteiger partial charge is 0.489 e. The summed E-state index contributed by atoms with van der Waals surface area (Å²) in [5.41, 5.74) is 1.80. The number of methoxy groups -OCH3 is 1. The average molecular weight is 439 g/mol. The first-order valence-corrected chi connectivity index (χ1v) is 10.0. The molecule has 0 spiro atoms. The van der Waals surface area contributed by atoms with E-state index in [1.165, 1.54) is 13.2 Å². The summed E-state index contributed by atoms with van der Waals surface area (Å²) >= 11 is 0. The molecule has 0 aromatic heterocycles. The van der Waals surface area contributed by atoms with Crippen molar-refractivity contribution < 1.29 is 27.8 Å². The van der Waals surface area contributed by atoms with Gasteiger partial charge in [0.15, 0.2) is 0 Å². The SMILES string of the molecule is COC(=O)[C@@H](Cc1cccc(OCc2ccccc2)c1)NC(=O)Cc1ccc(F)cc1F. The summed E-state index contributed by atoms with van der Waals surface area (Å²) in [5, 5.41) is 2.57. The van der Waals surface area contributed by atoms with Gasteiger partial charge in [-0.05, 0) is 34.9 Å². The van der Waals surface area contributed by atoms with Gasteiger partial charge in [-0.25, -0.2) is 13.6 Å². The van der Waals surface area contributed by atoms with E-state index in [-0.39, 0.29) is 18.4 Å². The van der Waals surface area contributed by atoms with Gasteiger partial charge in [-0.15, -0.1) is 0 Å². The van der Waals surface area contributed by atoms with Gasteiger partial charge in [0.1, 0.15) is 30.0 Å². The Morgan fingerprint density at radius 3 is 2.41 bits per heavy atom. The molecule has 166 valence electrons. The normalized spacial score (nSPS) is 11.5. The summed E-state index contributed by atoms with van der Waals surface area (Å²) in [6.07, 6.45) is -0.174. The molecule has 0 fully saturated rings. The minimum atomic E-state index is -0.972. The summed E-state index contributed by atoms with van der Waals surface area (Å²) in [6.45, 7) is 0.394. The predicted molar refractivity (Wildman–Crippen MR) is 115 cm³/mol. The fourth-order valence-electron chi connectivity index (χ4n) is 3.16. The van der Waals surface area contributed by atoms with Crippen LogP contribution in [0, 0.1) is 11.6 Å². The van der Waals surface area contributed by atoms with Crippen molar-refractivity contribution in [2.45, 2.75) is 25.5 Å². The van der Waals surface area contributed by atoms with Gasteiger partial charge in [0.2, 0.25) is 5.91 Å². The van der Waals surface area contributed by atoms with Crippen LogP contribution in [0.5, 0.6) is 5.75 Å². The van der Waals surface area contributed by atoms with Crippen molar-refractivity contribution in [1.29, 1.82) is 0 Å². The highest BCUT2D eigenvalue weighted by Crippen LogP contribution is 2.17. The van der Waals surface area contributed by atoms with Crippen molar-refractivity contribution in [1.82, 2.24) is 5.32 Å². The molecule has 0 aliphatic carbocycles. The number of hydrogen-bond acceptors (Lipinski definition) is 4. The van der Waals surface area contributed by atoms with Gasteiger partial charge in [-0.2, -0.15) is 0 Å². The number of rotatable bonds is 9. The molecule has 3 aromatic rings. The number of esters is 1. The van der Waals surface area contributed by atoms with Crippen LogP contribution in [-0.2, 0) is 33.8 Å². The van der Waals surface area contributed by atoms with Crippen molar-refractivity contribution in [2.75, 3.05) is 7.11 Å². The third-order valence-electron chi connectivity index (χ3n) is 4.77. The molecule has 3 rings (SSSR count). The molecule has 0 heterocycles. The highest BCUT2D eigenvalue weighted by Gasteiger charge is 2.23. The van der Waals surface area contributed by atoms with Crippen LogP contribution >= 0.6 is 0 Å². The third-order valence-corrected chi connectivity index (χ3v) is 4.77. The maximum absolute atomic E-state index is 13.8. The Labute approximate surface area is 185 Å². The van der Waals surface area contributed by atoms with E-state index in [0.717, 1.165) is 17.2 Å². The Kier molecular flexibility index (Phi) is 7.91. The van der Waals surface area contributed by atoms with E-state index >= 15 is 0 Å². The highest BCUT2D eigenvalue weighted by atomic mass is 19.1. The number of amides is 1. The fourth-order valence-corrected chi connectivity index (χ4v) is 3.16. The van der Waals surface area contributed by atoms with Crippen LogP contribution in [0.2, 0.25) is 0 Å². The lowest BCUT2D eigenvalue weighted by Crippen LogP contribution is -2.43. The molecule has 0 aliphatic heterocycles. The first-order valence-electron chi connectivity index (χ1n) is 10.0. The summed E-state index contributed by atoms with van der Waals surface area (Å²) in [5.74, 6) is -2.14. The van der Waals surface area contributed by atoms with Crippen LogP contribution in [0.15, 0.2) is 72.8 Å². The zero-order valence-corrected chi connectivity index (χ0v) is 17.5. The number of hydrogen-bond donors (Lipinski definition) is 1. The summed E-state index contributed by atoms with van der Waals surface area (Å²) < 4.78 is 37.5. The monoisotopic (exact) mass is 439 g/mol. The van der Waals surface area contributed by atoms with Gasteiger partial charge in [0, 0.05) is 12.5 Å². The second-order valence-corrected chi connectivity index (χ2v) is 7.18. The molecule has 0 saturated heterocycles. The summed E-state index contributed by atoms with van der Waals surface area (Å²) in [4.78, 5) is 24.6. The summed E-state index contributed by atoms with van der Waals surface area (Å²) in [6, 6.07) is 18.9. The van der Waals surface area contributed by atoms with Crippen molar-refractivity contribution in [3.8, 4) is 5.75 Å². The maximum atomic E-state index is 13.8. The third kappa shape index (κ3) is 6.63. The first-order chi connectivity index (χ1) is 15.4. The molecule has 3 aromatic carbocycles. The molecule has 0 aliphatic rings. The number of ether oxygens (including phenoxy) is 2. The van der Waals surface area contributed by atoms with E-state index in [1.54, 1.807) is 24.3 Å². The van der Waals surface area contributed by atoms with Crippen LogP contribution in [-0.4, -0.2) is 25.0 Å². The van der Waals surface area contributed by atoms with Crippen LogP contribution in [0.3, 0.4) is 0 Å². The van der Waals surface area contributed by atoms with Crippen molar-refractivity contribution in [3.05, 3.63) is 101 Å². The lowest BCUT2D eigenvalue weighted by atomic mass is 10.0. The molecule has 0 bridgehead atoms. The molecule has 0 saturated carbocycles. The Hall–Kier alpha value is -3.74. The lowest BCUT2D eigenvalue weighted by Gasteiger charge is -2.17. The highest BCUT2D eigenvalue weighted by molar-refractivity contribution is 5.85. The number of halogens is 2. The van der Waals surface area contributed by atoms with Gasteiger partial charge in [0.05, 0.1) is 13.5 Å². The molecule has 1 N–H and O–H groups in total. The quantitative estimate of drug-likeness (QED) is 0.512. The first kappa shape index (κ1) is 22.9. The van der Waals surface area contributed by atoms with Gasteiger partial charge in [-0.3, -0.25) is 4.79 Å². The second kappa shape index (κ2) is 11.0. The second-order valence-electron chi connectivity index (χ2n) is 7.18. The van der Waals surface area contributed by atoms with E-state index in [1.807, 2.05) is 30.3 Å². The van der Waals surface area contributed by atoms with Crippen LogP contribution in [0.1, 0.15) is 16.7 Å². The molecule has 7 heteroatoms. The maximum Gasteiger partial charge on any atom is 0.328 e. The van der Waals surface area contributed by atoms with Crippen LogP contribution in [0.4, 0.5) is 8.78 Å². The average Bonchev–Trinajstić information content (AvgIpc) is 2.79. The molecule has 0 radical (unpaired) electrons. The molecule has 0 unspecified atom stereocenters. The Balaban J connectivity index is 1.64. The topological polar surface area (TPSA) is 64.6 Å². The van der Waals surface area contributed by atoms with Gasteiger partial charge >= 0.3 is 5.97 Å². The molecule has 1 atom stereocenters. The fraction of sp³-hybridized carbons (Fsp3) is 0.200. The number of benzene rings is 3. The number of carbonyl (C=O) groups is 2. The van der Waals surface area contributed by atoms with Crippen molar-refractivity contribution in [3.63, 3.8) is 0 Å². The van der Waals surface area contributed by atoms with Gasteiger partial charge in [-0.1, -0.05) is 48.5 Å². The predicted octanol–water partition coefficient (Wildman–Crippen LogP) is 3.99. The molecule has 5 nitrogen and oxygen atoms in total. The Morgan fingerprint density at radius 2 is 1.69 bits per heavy atom. The van der Waals surface area contributed by atoms with Crippen molar-refractivity contribution in [2.24, 2.45) is 0 Å². The van der Waals surface area contributed by atoms with Gasteiger partial charge in [0.25, 0.3) is 0 Å². The minimum Gasteiger partial charge on any atom is -0.489 e. The van der Waals surface area contributed by atoms with E-state index in [9.17, 15) is 18.4 Å². The Bertz CT molecular complexity index is 1070.